The lowest BCUT2D eigenvalue weighted by Crippen LogP contribution is -2.61. The van der Waals surface area contributed by atoms with Gasteiger partial charge in [0.1, 0.15) is 6.10 Å². The van der Waals surface area contributed by atoms with Crippen LogP contribution in [0.25, 0.3) is 0 Å². The van der Waals surface area contributed by atoms with Gasteiger partial charge in [-0.2, -0.15) is 0 Å². The number of rotatable bonds is 1. The van der Waals surface area contributed by atoms with E-state index in [9.17, 15) is 5.11 Å². The molecule has 1 heterocycles. The van der Waals surface area contributed by atoms with Crippen LogP contribution in [-0.2, 0) is 0 Å². The Bertz CT molecular complexity index is 131. The van der Waals surface area contributed by atoms with Crippen molar-refractivity contribution in [1.29, 1.82) is 0 Å². The van der Waals surface area contributed by atoms with Gasteiger partial charge in [0.2, 0.25) is 0 Å². The van der Waals surface area contributed by atoms with Crippen molar-refractivity contribution < 1.29 is 15.3 Å². The average molecular weight is 162 g/mol. The molecule has 1 fully saturated rings. The van der Waals surface area contributed by atoms with Gasteiger partial charge in [0.25, 0.3) is 0 Å². The second-order valence-electron chi connectivity index (χ2n) is 2.80. The second-order valence-corrected chi connectivity index (χ2v) is 2.80. The summed E-state index contributed by atoms with van der Waals surface area (Å²) in [5.41, 5.74) is 5.29. The predicted octanol–water partition coefficient (Wildman–Crippen LogP) is -3.00. The van der Waals surface area contributed by atoms with Crippen molar-refractivity contribution in [2.24, 2.45) is 5.73 Å². The molecule has 1 rings (SSSR count). The monoisotopic (exact) mass is 162 g/mol. The molecule has 0 aliphatic carbocycles. The lowest BCUT2D eigenvalue weighted by molar-refractivity contribution is -0.0923. The Kier molecular flexibility index (Phi) is 2.80. The van der Waals surface area contributed by atoms with Gasteiger partial charge < -0.3 is 26.4 Å². The summed E-state index contributed by atoms with van der Waals surface area (Å²) in [6.45, 7) is 0.533. The van der Waals surface area contributed by atoms with Crippen LogP contribution in [0, 0.1) is 0 Å². The standard InChI is InChI=1S/C6H14N2O3/c7-1-3-5(10)6(11)4(9)2-8-3/h3-6,8-11H,1-2,7H2/t3-,4-,5-,6-/m0/s1. The molecule has 0 unspecified atom stereocenters. The van der Waals surface area contributed by atoms with E-state index in [0.29, 0.717) is 0 Å². The average Bonchev–Trinajstić information content (AvgIpc) is 2.01. The minimum absolute atomic E-state index is 0.255. The molecule has 0 spiro atoms. The molecule has 0 aromatic rings. The lowest BCUT2D eigenvalue weighted by Gasteiger charge is -2.35. The van der Waals surface area contributed by atoms with E-state index in [-0.39, 0.29) is 19.1 Å². The van der Waals surface area contributed by atoms with Crippen LogP contribution in [0.1, 0.15) is 0 Å². The maximum Gasteiger partial charge on any atom is 0.109 e. The normalized spacial score (nSPS) is 45.8. The van der Waals surface area contributed by atoms with Crippen molar-refractivity contribution in [2.45, 2.75) is 24.4 Å². The summed E-state index contributed by atoms with van der Waals surface area (Å²) < 4.78 is 0. The molecule has 4 atom stereocenters. The van der Waals surface area contributed by atoms with E-state index in [0.717, 1.165) is 0 Å². The van der Waals surface area contributed by atoms with Crippen LogP contribution in [0.4, 0.5) is 0 Å². The SMILES string of the molecule is NC[C@@H]1NC[C@H](O)[C@H](O)[C@H]1O. The zero-order chi connectivity index (χ0) is 8.43. The molecule has 11 heavy (non-hydrogen) atoms. The van der Waals surface area contributed by atoms with E-state index in [1.165, 1.54) is 0 Å². The Morgan fingerprint density at radius 2 is 1.91 bits per heavy atom. The Labute approximate surface area is 64.8 Å². The molecule has 5 nitrogen and oxygen atoms in total. The fourth-order valence-corrected chi connectivity index (χ4v) is 1.20. The number of nitrogens with two attached hydrogens (primary N) is 1. The molecular formula is C6H14N2O3. The quantitative estimate of drug-likeness (QED) is 0.283. The highest BCUT2D eigenvalue weighted by Gasteiger charge is 2.35. The number of aliphatic hydroxyl groups excluding tert-OH is 3. The van der Waals surface area contributed by atoms with E-state index in [1.54, 1.807) is 0 Å². The summed E-state index contributed by atoms with van der Waals surface area (Å²) in [6, 6.07) is -0.312. The smallest absolute Gasteiger partial charge is 0.109 e. The van der Waals surface area contributed by atoms with E-state index < -0.39 is 18.3 Å². The van der Waals surface area contributed by atoms with Crippen molar-refractivity contribution in [3.05, 3.63) is 0 Å². The number of hydrogen-bond donors (Lipinski definition) is 5. The zero-order valence-electron chi connectivity index (χ0n) is 6.14. The Morgan fingerprint density at radius 3 is 2.45 bits per heavy atom. The van der Waals surface area contributed by atoms with Gasteiger partial charge in [-0.15, -0.1) is 0 Å². The maximum atomic E-state index is 9.26. The highest BCUT2D eigenvalue weighted by molar-refractivity contribution is 4.92. The highest BCUT2D eigenvalue weighted by atomic mass is 16.4. The Balaban J connectivity index is 2.52. The molecule has 0 aromatic carbocycles. The van der Waals surface area contributed by atoms with Gasteiger partial charge >= 0.3 is 0 Å². The van der Waals surface area contributed by atoms with Gasteiger partial charge in [-0.25, -0.2) is 0 Å². The van der Waals surface area contributed by atoms with Gasteiger partial charge in [-0.1, -0.05) is 0 Å². The fraction of sp³-hybridized carbons (Fsp3) is 1.00. The first kappa shape index (κ1) is 8.89. The van der Waals surface area contributed by atoms with Gasteiger partial charge in [-0.05, 0) is 0 Å². The number of hydrogen-bond acceptors (Lipinski definition) is 5. The Hall–Kier alpha value is -0.200. The lowest BCUT2D eigenvalue weighted by atomic mass is 9.96. The molecule has 0 saturated carbocycles. The molecule has 5 heteroatoms. The van der Waals surface area contributed by atoms with Gasteiger partial charge in [0, 0.05) is 19.1 Å². The van der Waals surface area contributed by atoms with Crippen molar-refractivity contribution in [3.8, 4) is 0 Å². The summed E-state index contributed by atoms with van der Waals surface area (Å²) >= 11 is 0. The molecule has 1 aliphatic rings. The third-order valence-electron chi connectivity index (χ3n) is 2.00. The van der Waals surface area contributed by atoms with Crippen LogP contribution >= 0.6 is 0 Å². The minimum atomic E-state index is -1.08. The van der Waals surface area contributed by atoms with E-state index in [4.69, 9.17) is 15.9 Å². The highest BCUT2D eigenvalue weighted by Crippen LogP contribution is 2.09. The summed E-state index contributed by atoms with van der Waals surface area (Å²) in [5.74, 6) is 0. The van der Waals surface area contributed by atoms with E-state index in [1.807, 2.05) is 0 Å². The van der Waals surface area contributed by atoms with Crippen molar-refractivity contribution in [3.63, 3.8) is 0 Å². The van der Waals surface area contributed by atoms with Crippen molar-refractivity contribution >= 4 is 0 Å². The van der Waals surface area contributed by atoms with Gasteiger partial charge in [-0.3, -0.25) is 0 Å². The Morgan fingerprint density at radius 1 is 1.27 bits per heavy atom. The van der Waals surface area contributed by atoms with Crippen LogP contribution < -0.4 is 11.1 Å². The first-order valence-electron chi connectivity index (χ1n) is 3.64. The zero-order valence-corrected chi connectivity index (χ0v) is 6.14. The van der Waals surface area contributed by atoms with Crippen LogP contribution in [0.2, 0.25) is 0 Å². The van der Waals surface area contributed by atoms with Crippen molar-refractivity contribution in [2.75, 3.05) is 13.1 Å². The number of piperidine rings is 1. The molecule has 6 N–H and O–H groups in total. The summed E-state index contributed by atoms with van der Waals surface area (Å²) in [7, 11) is 0. The van der Waals surface area contributed by atoms with Crippen LogP contribution in [-0.4, -0.2) is 52.8 Å². The first-order valence-corrected chi connectivity index (χ1v) is 3.64. The molecule has 0 bridgehead atoms. The van der Waals surface area contributed by atoms with Gasteiger partial charge in [0.05, 0.1) is 12.2 Å². The topological polar surface area (TPSA) is 98.7 Å². The van der Waals surface area contributed by atoms with Crippen LogP contribution in [0.3, 0.4) is 0 Å². The third kappa shape index (κ3) is 1.69. The molecule has 0 aromatic heterocycles. The molecule has 0 amide bonds. The molecular weight excluding hydrogens is 148 g/mol. The van der Waals surface area contributed by atoms with Crippen LogP contribution in [0.15, 0.2) is 0 Å². The second kappa shape index (κ2) is 3.46. The molecule has 1 saturated heterocycles. The van der Waals surface area contributed by atoms with E-state index in [2.05, 4.69) is 5.32 Å². The summed E-state index contributed by atoms with van der Waals surface area (Å²) in [4.78, 5) is 0. The third-order valence-corrected chi connectivity index (χ3v) is 2.00. The number of aliphatic hydroxyl groups is 3. The summed E-state index contributed by atoms with van der Waals surface area (Å²) in [6.07, 6.45) is -2.94. The number of β-amino-alcohol motifs (C(OH)–C–C–N with tert-alkyl or cyclic N) is 1. The minimum Gasteiger partial charge on any atom is -0.389 e. The molecule has 1 aliphatic heterocycles. The first-order chi connectivity index (χ1) is 5.16. The van der Waals surface area contributed by atoms with Crippen LogP contribution in [0.5, 0.6) is 0 Å². The predicted molar refractivity (Wildman–Crippen MR) is 38.9 cm³/mol. The fourth-order valence-electron chi connectivity index (χ4n) is 1.20. The largest absolute Gasteiger partial charge is 0.389 e. The van der Waals surface area contributed by atoms with Crippen molar-refractivity contribution in [1.82, 2.24) is 5.32 Å². The molecule has 66 valence electrons. The summed E-state index contributed by atoms with van der Waals surface area (Å²) in [5, 5.41) is 30.3. The number of nitrogens with one attached hydrogen (secondary N) is 1. The van der Waals surface area contributed by atoms with E-state index >= 15 is 0 Å². The van der Waals surface area contributed by atoms with Gasteiger partial charge in [0.15, 0.2) is 0 Å². The maximum absolute atomic E-state index is 9.26. The molecule has 0 radical (unpaired) electrons.